The molecule has 4 heteroatoms. The second-order valence-electron chi connectivity index (χ2n) is 2.76. The standard InChI is InChI=1S/C7H10IN3/c8-6-4-10-7(11-6)5-2-1-3-9-5/h4-5,9H,1-3H2,(H,10,11)/t5-/m0/s1. The Bertz CT molecular complexity index is 240. The van der Waals surface area contributed by atoms with Crippen LogP contribution >= 0.6 is 22.6 Å². The molecule has 11 heavy (non-hydrogen) atoms. The van der Waals surface area contributed by atoms with Crippen molar-refractivity contribution in [1.82, 2.24) is 15.3 Å². The number of halogens is 1. The van der Waals surface area contributed by atoms with Crippen LogP contribution in [-0.4, -0.2) is 16.5 Å². The number of nitrogens with one attached hydrogen (secondary N) is 2. The number of aromatic amines is 1. The molecule has 3 nitrogen and oxygen atoms in total. The lowest BCUT2D eigenvalue weighted by atomic mass is 10.2. The molecule has 1 aliphatic heterocycles. The molecule has 2 N–H and O–H groups in total. The van der Waals surface area contributed by atoms with E-state index >= 15 is 0 Å². The van der Waals surface area contributed by atoms with Gasteiger partial charge in [-0.15, -0.1) is 0 Å². The van der Waals surface area contributed by atoms with Gasteiger partial charge in [0.05, 0.1) is 6.04 Å². The van der Waals surface area contributed by atoms with Gasteiger partial charge in [-0.1, -0.05) is 0 Å². The number of hydrogen-bond donors (Lipinski definition) is 2. The minimum Gasteiger partial charge on any atom is -0.346 e. The smallest absolute Gasteiger partial charge is 0.124 e. The largest absolute Gasteiger partial charge is 0.346 e. The average Bonchev–Trinajstić information content (AvgIpc) is 2.55. The maximum Gasteiger partial charge on any atom is 0.124 e. The number of hydrogen-bond acceptors (Lipinski definition) is 2. The Morgan fingerprint density at radius 2 is 2.55 bits per heavy atom. The third-order valence-corrected chi connectivity index (χ3v) is 2.51. The molecule has 0 radical (unpaired) electrons. The van der Waals surface area contributed by atoms with E-state index in [0.29, 0.717) is 6.04 Å². The third kappa shape index (κ3) is 1.56. The van der Waals surface area contributed by atoms with Crippen molar-refractivity contribution in [2.45, 2.75) is 18.9 Å². The van der Waals surface area contributed by atoms with Gasteiger partial charge in [0.1, 0.15) is 9.53 Å². The first-order valence-corrected chi connectivity index (χ1v) is 4.88. The van der Waals surface area contributed by atoms with Crippen LogP contribution in [0.25, 0.3) is 0 Å². The van der Waals surface area contributed by atoms with Gasteiger partial charge in [0.2, 0.25) is 0 Å². The summed E-state index contributed by atoms with van der Waals surface area (Å²) in [5.41, 5.74) is 0. The molecule has 0 bridgehead atoms. The molecular formula is C7H10IN3. The predicted octanol–water partition coefficient (Wildman–Crippen LogP) is 1.44. The molecule has 1 atom stereocenters. The first-order chi connectivity index (χ1) is 5.36. The van der Waals surface area contributed by atoms with E-state index in [9.17, 15) is 0 Å². The number of nitrogens with zero attached hydrogens (tertiary/aromatic N) is 1. The summed E-state index contributed by atoms with van der Waals surface area (Å²) in [7, 11) is 0. The van der Waals surface area contributed by atoms with Crippen molar-refractivity contribution >= 4 is 22.6 Å². The quantitative estimate of drug-likeness (QED) is 0.753. The Hall–Kier alpha value is -0.100. The monoisotopic (exact) mass is 263 g/mol. The van der Waals surface area contributed by atoms with E-state index in [1.54, 1.807) is 0 Å². The van der Waals surface area contributed by atoms with E-state index in [1.807, 2.05) is 6.20 Å². The normalized spacial score (nSPS) is 24.3. The van der Waals surface area contributed by atoms with Crippen LogP contribution in [0.2, 0.25) is 0 Å². The number of imidazole rings is 1. The first kappa shape index (κ1) is 7.54. The van der Waals surface area contributed by atoms with E-state index in [4.69, 9.17) is 0 Å². The molecule has 2 rings (SSSR count). The van der Waals surface area contributed by atoms with Gasteiger partial charge in [-0.05, 0) is 42.0 Å². The summed E-state index contributed by atoms with van der Waals surface area (Å²) in [4.78, 5) is 7.53. The highest BCUT2D eigenvalue weighted by Gasteiger charge is 2.18. The van der Waals surface area contributed by atoms with Gasteiger partial charge in [0.25, 0.3) is 0 Å². The van der Waals surface area contributed by atoms with Crippen molar-refractivity contribution in [2.24, 2.45) is 0 Å². The van der Waals surface area contributed by atoms with E-state index < -0.39 is 0 Å². The maximum absolute atomic E-state index is 4.36. The van der Waals surface area contributed by atoms with Crippen molar-refractivity contribution in [3.05, 3.63) is 15.7 Å². The second-order valence-corrected chi connectivity index (χ2v) is 3.86. The molecule has 1 aliphatic rings. The van der Waals surface area contributed by atoms with Crippen molar-refractivity contribution < 1.29 is 0 Å². The van der Waals surface area contributed by atoms with E-state index in [1.165, 1.54) is 12.8 Å². The Morgan fingerprint density at radius 3 is 3.09 bits per heavy atom. The second kappa shape index (κ2) is 3.10. The summed E-state index contributed by atoms with van der Waals surface area (Å²) >= 11 is 2.22. The molecule has 0 aromatic carbocycles. The fourth-order valence-corrected chi connectivity index (χ4v) is 1.83. The van der Waals surface area contributed by atoms with Crippen LogP contribution in [0, 0.1) is 3.70 Å². The highest BCUT2D eigenvalue weighted by molar-refractivity contribution is 14.1. The molecule has 0 spiro atoms. The Labute approximate surface area is 79.1 Å². The third-order valence-electron chi connectivity index (χ3n) is 1.96. The van der Waals surface area contributed by atoms with Gasteiger partial charge in [-0.2, -0.15) is 0 Å². The number of H-pyrrole nitrogens is 1. The summed E-state index contributed by atoms with van der Waals surface area (Å²) in [6, 6.07) is 0.471. The highest BCUT2D eigenvalue weighted by atomic mass is 127. The molecule has 60 valence electrons. The fourth-order valence-electron chi connectivity index (χ4n) is 1.41. The van der Waals surface area contributed by atoms with E-state index in [0.717, 1.165) is 16.1 Å². The minimum atomic E-state index is 0.471. The van der Waals surface area contributed by atoms with Gasteiger partial charge >= 0.3 is 0 Å². The van der Waals surface area contributed by atoms with Crippen LogP contribution < -0.4 is 5.32 Å². The van der Waals surface area contributed by atoms with Crippen LogP contribution in [0.3, 0.4) is 0 Å². The van der Waals surface area contributed by atoms with Gasteiger partial charge in [0, 0.05) is 6.20 Å². The van der Waals surface area contributed by atoms with Gasteiger partial charge in [-0.3, -0.25) is 0 Å². The summed E-state index contributed by atoms with van der Waals surface area (Å²) in [6.45, 7) is 1.13. The number of rotatable bonds is 1. The Kier molecular flexibility index (Phi) is 2.13. The summed E-state index contributed by atoms with van der Waals surface area (Å²) in [6.07, 6.45) is 4.42. The molecule has 1 aromatic heterocycles. The van der Waals surface area contributed by atoms with Crippen LogP contribution in [-0.2, 0) is 0 Å². The lowest BCUT2D eigenvalue weighted by Crippen LogP contribution is -2.14. The van der Waals surface area contributed by atoms with Crippen molar-refractivity contribution in [1.29, 1.82) is 0 Å². The predicted molar refractivity (Wildman–Crippen MR) is 51.3 cm³/mol. The zero-order valence-electron chi connectivity index (χ0n) is 6.10. The molecule has 1 fully saturated rings. The minimum absolute atomic E-state index is 0.471. The summed E-state index contributed by atoms with van der Waals surface area (Å²) in [5.74, 6) is 1.09. The zero-order chi connectivity index (χ0) is 7.68. The first-order valence-electron chi connectivity index (χ1n) is 3.80. The van der Waals surface area contributed by atoms with Crippen molar-refractivity contribution in [3.8, 4) is 0 Å². The molecule has 1 saturated heterocycles. The Balaban J connectivity index is 2.15. The fraction of sp³-hybridized carbons (Fsp3) is 0.571. The summed E-state index contributed by atoms with van der Waals surface area (Å²) in [5, 5.41) is 3.39. The molecule has 0 saturated carbocycles. The van der Waals surface area contributed by atoms with Crippen molar-refractivity contribution in [2.75, 3.05) is 6.54 Å². The highest BCUT2D eigenvalue weighted by Crippen LogP contribution is 2.20. The number of aromatic nitrogens is 2. The van der Waals surface area contributed by atoms with Gasteiger partial charge in [-0.25, -0.2) is 4.98 Å². The van der Waals surface area contributed by atoms with Crippen LogP contribution in [0.1, 0.15) is 24.7 Å². The molecule has 1 aromatic rings. The molecule has 0 amide bonds. The van der Waals surface area contributed by atoms with Gasteiger partial charge in [0.15, 0.2) is 0 Å². The lowest BCUT2D eigenvalue weighted by molar-refractivity contribution is 0.612. The lowest BCUT2D eigenvalue weighted by Gasteiger charge is -2.04. The summed E-state index contributed by atoms with van der Waals surface area (Å²) < 4.78 is 1.05. The van der Waals surface area contributed by atoms with Crippen molar-refractivity contribution in [3.63, 3.8) is 0 Å². The average molecular weight is 263 g/mol. The SMILES string of the molecule is Ic1c[nH]c([C@@H]2CCCN2)n1. The maximum atomic E-state index is 4.36. The van der Waals surface area contributed by atoms with E-state index in [-0.39, 0.29) is 0 Å². The van der Waals surface area contributed by atoms with Crippen LogP contribution in [0.4, 0.5) is 0 Å². The topological polar surface area (TPSA) is 40.7 Å². The molecule has 2 heterocycles. The van der Waals surface area contributed by atoms with Crippen LogP contribution in [0.15, 0.2) is 6.20 Å². The van der Waals surface area contributed by atoms with E-state index in [2.05, 4.69) is 37.9 Å². The molecule has 0 unspecified atom stereocenters. The molecule has 0 aliphatic carbocycles. The zero-order valence-corrected chi connectivity index (χ0v) is 8.26. The van der Waals surface area contributed by atoms with Crippen LogP contribution in [0.5, 0.6) is 0 Å². The Morgan fingerprint density at radius 1 is 1.64 bits per heavy atom. The molecular weight excluding hydrogens is 253 g/mol. The van der Waals surface area contributed by atoms with Gasteiger partial charge < -0.3 is 10.3 Å².